The van der Waals surface area contributed by atoms with E-state index in [-0.39, 0.29) is 5.91 Å². The van der Waals surface area contributed by atoms with Crippen LogP contribution in [0.25, 0.3) is 0 Å². The third-order valence-corrected chi connectivity index (χ3v) is 3.72. The van der Waals surface area contributed by atoms with Crippen molar-refractivity contribution >= 4 is 5.91 Å². The Balaban J connectivity index is 1.83. The van der Waals surface area contributed by atoms with E-state index in [4.69, 9.17) is 9.47 Å². The van der Waals surface area contributed by atoms with Crippen molar-refractivity contribution in [3.05, 3.63) is 41.2 Å². The number of methoxy groups -OCH3 is 2. The molecule has 110 valence electrons. The minimum absolute atomic E-state index is 0.0460. The molecule has 1 aliphatic rings. The molecule has 6 nitrogen and oxygen atoms in total. The number of ether oxygens (including phenoxy) is 2. The number of aromatic nitrogens is 2. The van der Waals surface area contributed by atoms with Crippen LogP contribution >= 0.6 is 0 Å². The Kier molecular flexibility index (Phi) is 3.51. The van der Waals surface area contributed by atoms with Gasteiger partial charge >= 0.3 is 0 Å². The Morgan fingerprint density at radius 3 is 2.95 bits per heavy atom. The molecule has 1 amide bonds. The molecule has 0 atom stereocenters. The van der Waals surface area contributed by atoms with Crippen LogP contribution in [0.4, 0.5) is 0 Å². The molecule has 1 aromatic heterocycles. The second kappa shape index (κ2) is 5.47. The predicted octanol–water partition coefficient (Wildman–Crippen LogP) is 1.63. The zero-order valence-electron chi connectivity index (χ0n) is 12.0. The summed E-state index contributed by atoms with van der Waals surface area (Å²) in [5, 5.41) is 6.79. The number of benzene rings is 1. The summed E-state index contributed by atoms with van der Waals surface area (Å²) in [4.78, 5) is 14.2. The summed E-state index contributed by atoms with van der Waals surface area (Å²) in [6.45, 7) is 1.18. The highest BCUT2D eigenvalue weighted by Gasteiger charge is 2.27. The summed E-state index contributed by atoms with van der Waals surface area (Å²) in [6.07, 6.45) is 2.61. The fourth-order valence-electron chi connectivity index (χ4n) is 2.54. The van der Waals surface area contributed by atoms with E-state index >= 15 is 0 Å². The first-order chi connectivity index (χ1) is 10.2. The van der Waals surface area contributed by atoms with Crippen LogP contribution in [0.2, 0.25) is 0 Å². The second-order valence-electron chi connectivity index (χ2n) is 4.91. The van der Waals surface area contributed by atoms with Gasteiger partial charge < -0.3 is 14.4 Å². The van der Waals surface area contributed by atoms with Crippen molar-refractivity contribution in [2.75, 3.05) is 20.8 Å². The number of aromatic amines is 1. The maximum Gasteiger partial charge on any atom is 0.274 e. The van der Waals surface area contributed by atoms with Gasteiger partial charge in [-0.3, -0.25) is 9.89 Å². The minimum Gasteiger partial charge on any atom is -0.497 e. The Morgan fingerprint density at radius 2 is 2.19 bits per heavy atom. The molecule has 21 heavy (non-hydrogen) atoms. The zero-order chi connectivity index (χ0) is 14.8. The van der Waals surface area contributed by atoms with Crippen molar-refractivity contribution in [3.63, 3.8) is 0 Å². The van der Waals surface area contributed by atoms with E-state index in [1.165, 1.54) is 0 Å². The zero-order valence-corrected chi connectivity index (χ0v) is 12.0. The molecule has 1 N–H and O–H groups in total. The highest BCUT2D eigenvalue weighted by Crippen LogP contribution is 2.27. The number of H-pyrrole nitrogens is 1. The predicted molar refractivity (Wildman–Crippen MR) is 76.6 cm³/mol. The van der Waals surface area contributed by atoms with Crippen molar-refractivity contribution in [3.8, 4) is 11.5 Å². The molecule has 2 heterocycles. The number of nitrogens with zero attached hydrogens (tertiary/aromatic N) is 2. The summed E-state index contributed by atoms with van der Waals surface area (Å²) in [7, 11) is 3.23. The van der Waals surface area contributed by atoms with Gasteiger partial charge in [-0.25, -0.2) is 0 Å². The lowest BCUT2D eigenvalue weighted by molar-refractivity contribution is 0.0720. The summed E-state index contributed by atoms with van der Waals surface area (Å²) >= 11 is 0. The fraction of sp³-hybridized carbons (Fsp3) is 0.333. The maximum absolute atomic E-state index is 12.4. The van der Waals surface area contributed by atoms with Crippen molar-refractivity contribution < 1.29 is 14.3 Å². The van der Waals surface area contributed by atoms with E-state index in [2.05, 4.69) is 10.2 Å². The van der Waals surface area contributed by atoms with Crippen molar-refractivity contribution in [2.45, 2.75) is 13.0 Å². The first kappa shape index (κ1) is 13.5. The highest BCUT2D eigenvalue weighted by atomic mass is 16.5. The molecule has 0 spiro atoms. The molecular formula is C15H17N3O3. The summed E-state index contributed by atoms with van der Waals surface area (Å²) in [5.41, 5.74) is 2.46. The molecule has 1 aromatic carbocycles. The van der Waals surface area contributed by atoms with Gasteiger partial charge in [0.25, 0.3) is 5.91 Å². The van der Waals surface area contributed by atoms with Crippen LogP contribution in [0.1, 0.15) is 21.6 Å². The van der Waals surface area contributed by atoms with Crippen LogP contribution in [0.15, 0.2) is 24.4 Å². The normalized spacial score (nSPS) is 14.0. The minimum atomic E-state index is -0.0460. The molecular weight excluding hydrogens is 270 g/mol. The molecule has 0 unspecified atom stereocenters. The third-order valence-electron chi connectivity index (χ3n) is 3.72. The number of hydrogen-bond acceptors (Lipinski definition) is 4. The van der Waals surface area contributed by atoms with Gasteiger partial charge in [-0.2, -0.15) is 5.10 Å². The lowest BCUT2D eigenvalue weighted by atomic mass is 10.1. The summed E-state index contributed by atoms with van der Waals surface area (Å²) < 4.78 is 10.6. The highest BCUT2D eigenvalue weighted by molar-refractivity contribution is 5.94. The van der Waals surface area contributed by atoms with Crippen molar-refractivity contribution in [2.24, 2.45) is 0 Å². The molecule has 0 aliphatic carbocycles. The lowest BCUT2D eigenvalue weighted by Gasteiger charge is -2.26. The number of nitrogens with one attached hydrogen (secondary N) is 1. The van der Waals surface area contributed by atoms with Crippen LogP contribution in [0, 0.1) is 0 Å². The molecule has 0 radical (unpaired) electrons. The van der Waals surface area contributed by atoms with Gasteiger partial charge in [-0.15, -0.1) is 0 Å². The van der Waals surface area contributed by atoms with E-state index in [1.54, 1.807) is 25.3 Å². The molecule has 1 aliphatic heterocycles. The molecule has 0 fully saturated rings. The van der Waals surface area contributed by atoms with E-state index in [0.717, 1.165) is 29.0 Å². The fourth-order valence-corrected chi connectivity index (χ4v) is 2.54. The molecule has 0 saturated heterocycles. The number of fused-ring (bicyclic) bond motifs is 1. The van der Waals surface area contributed by atoms with Gasteiger partial charge in [0.05, 0.1) is 14.2 Å². The molecule has 3 rings (SSSR count). The van der Waals surface area contributed by atoms with Crippen LogP contribution in [0.5, 0.6) is 11.5 Å². The van der Waals surface area contributed by atoms with Gasteiger partial charge in [0, 0.05) is 36.5 Å². The first-order valence-electron chi connectivity index (χ1n) is 6.75. The quantitative estimate of drug-likeness (QED) is 0.928. The van der Waals surface area contributed by atoms with E-state index in [0.29, 0.717) is 18.8 Å². The number of amides is 1. The van der Waals surface area contributed by atoms with E-state index in [1.807, 2.05) is 18.2 Å². The number of hydrogen-bond donors (Lipinski definition) is 1. The largest absolute Gasteiger partial charge is 0.497 e. The van der Waals surface area contributed by atoms with Crippen LogP contribution in [0.3, 0.4) is 0 Å². The van der Waals surface area contributed by atoms with Gasteiger partial charge in [0.15, 0.2) is 5.69 Å². The van der Waals surface area contributed by atoms with Crippen LogP contribution in [-0.4, -0.2) is 41.8 Å². The Labute approximate surface area is 122 Å². The summed E-state index contributed by atoms with van der Waals surface area (Å²) in [6, 6.07) is 5.61. The van der Waals surface area contributed by atoms with E-state index in [9.17, 15) is 4.79 Å². The first-order valence-corrected chi connectivity index (χ1v) is 6.75. The Morgan fingerprint density at radius 1 is 1.33 bits per heavy atom. The van der Waals surface area contributed by atoms with Gasteiger partial charge in [-0.1, -0.05) is 0 Å². The second-order valence-corrected chi connectivity index (χ2v) is 4.91. The smallest absolute Gasteiger partial charge is 0.274 e. The van der Waals surface area contributed by atoms with Gasteiger partial charge in [0.1, 0.15) is 11.5 Å². The molecule has 0 bridgehead atoms. The molecule has 2 aromatic rings. The van der Waals surface area contributed by atoms with E-state index < -0.39 is 0 Å². The van der Waals surface area contributed by atoms with Gasteiger partial charge in [-0.05, 0) is 18.6 Å². The summed E-state index contributed by atoms with van der Waals surface area (Å²) in [5.74, 6) is 1.40. The van der Waals surface area contributed by atoms with Crippen molar-refractivity contribution in [1.29, 1.82) is 0 Å². The van der Waals surface area contributed by atoms with Crippen LogP contribution < -0.4 is 9.47 Å². The Hall–Kier alpha value is -2.50. The SMILES string of the molecule is COc1ccc(CN2CCc3c[nH]nc3C2=O)c(OC)c1. The third kappa shape index (κ3) is 2.44. The average molecular weight is 287 g/mol. The number of rotatable bonds is 4. The van der Waals surface area contributed by atoms with Crippen molar-refractivity contribution in [1.82, 2.24) is 15.1 Å². The molecule has 0 saturated carbocycles. The lowest BCUT2D eigenvalue weighted by Crippen LogP contribution is -2.37. The van der Waals surface area contributed by atoms with Crippen LogP contribution in [-0.2, 0) is 13.0 Å². The molecule has 6 heteroatoms. The van der Waals surface area contributed by atoms with Gasteiger partial charge in [0.2, 0.25) is 0 Å². The monoisotopic (exact) mass is 287 g/mol. The number of carbonyl (C=O) groups excluding carboxylic acids is 1. The Bertz CT molecular complexity index is 666. The standard InChI is InChI=1S/C15H17N3O3/c1-20-12-4-3-11(13(7-12)21-2)9-18-6-5-10-8-16-17-14(10)15(18)19/h3-4,7-8H,5-6,9H2,1-2H3,(H,16,17). The average Bonchev–Trinajstić information content (AvgIpc) is 2.99. The number of carbonyl (C=O) groups is 1. The topological polar surface area (TPSA) is 67.5 Å². The maximum atomic E-state index is 12.4.